The number of rotatable bonds is 5. The average molecular weight is 246 g/mol. The maximum absolute atomic E-state index is 5.61. The molecule has 0 radical (unpaired) electrons. The van der Waals surface area contributed by atoms with Crippen LogP contribution >= 0.6 is 0 Å². The molecule has 0 spiro atoms. The number of hydrazine groups is 1. The van der Waals surface area contributed by atoms with Gasteiger partial charge in [0.25, 0.3) is 0 Å². The number of nitrogens with zero attached hydrogens (tertiary/aromatic N) is 2. The first-order valence-corrected chi connectivity index (χ1v) is 5.91. The first-order chi connectivity index (χ1) is 8.74. The lowest BCUT2D eigenvalue weighted by atomic mass is 10.1. The number of hydrogen-bond acceptors (Lipinski definition) is 4. The van der Waals surface area contributed by atoms with E-state index < -0.39 is 0 Å². The van der Waals surface area contributed by atoms with Crippen LogP contribution in [0.25, 0.3) is 0 Å². The highest BCUT2D eigenvalue weighted by atomic mass is 16.5. The summed E-state index contributed by atoms with van der Waals surface area (Å²) in [7, 11) is 1.93. The first-order valence-electron chi connectivity index (χ1n) is 5.91. The Balaban J connectivity index is 2.22. The van der Waals surface area contributed by atoms with Crippen LogP contribution in [0, 0.1) is 0 Å². The number of nitrogens with two attached hydrogens (primary N) is 1. The molecular formula is C13H18N4O. The van der Waals surface area contributed by atoms with E-state index in [4.69, 9.17) is 10.6 Å². The molecule has 0 amide bonds. The third-order valence-electron chi connectivity index (χ3n) is 2.71. The molecule has 1 unspecified atom stereocenters. The Morgan fingerprint density at radius 1 is 1.39 bits per heavy atom. The summed E-state index contributed by atoms with van der Waals surface area (Å²) in [6.45, 7) is 2.63. The summed E-state index contributed by atoms with van der Waals surface area (Å²) in [5.74, 6) is 6.47. The van der Waals surface area contributed by atoms with Crippen molar-refractivity contribution < 1.29 is 4.74 Å². The number of benzene rings is 1. The van der Waals surface area contributed by atoms with Crippen molar-refractivity contribution in [2.24, 2.45) is 12.9 Å². The number of nitrogens with one attached hydrogen (secondary N) is 1. The highest BCUT2D eigenvalue weighted by Gasteiger charge is 2.14. The van der Waals surface area contributed by atoms with Crippen LogP contribution in [0.3, 0.4) is 0 Å². The molecule has 0 aliphatic heterocycles. The first kappa shape index (κ1) is 12.6. The lowest BCUT2D eigenvalue weighted by Gasteiger charge is -2.14. The summed E-state index contributed by atoms with van der Waals surface area (Å²) in [5.41, 5.74) is 4.73. The fourth-order valence-corrected chi connectivity index (χ4v) is 1.86. The number of imidazole rings is 1. The van der Waals surface area contributed by atoms with E-state index >= 15 is 0 Å². The van der Waals surface area contributed by atoms with Gasteiger partial charge in [0.2, 0.25) is 0 Å². The van der Waals surface area contributed by atoms with Crippen LogP contribution in [-0.4, -0.2) is 16.2 Å². The molecule has 1 heterocycles. The quantitative estimate of drug-likeness (QED) is 0.618. The average Bonchev–Trinajstić information content (AvgIpc) is 2.79. The van der Waals surface area contributed by atoms with Crippen molar-refractivity contribution in [2.45, 2.75) is 13.0 Å². The van der Waals surface area contributed by atoms with Gasteiger partial charge >= 0.3 is 0 Å². The van der Waals surface area contributed by atoms with Gasteiger partial charge in [0.1, 0.15) is 5.75 Å². The van der Waals surface area contributed by atoms with Crippen molar-refractivity contribution in [3.8, 4) is 5.75 Å². The van der Waals surface area contributed by atoms with Crippen LogP contribution in [0.15, 0.2) is 36.8 Å². The fourth-order valence-electron chi connectivity index (χ4n) is 1.86. The number of hydrogen-bond donors (Lipinski definition) is 2. The molecule has 0 aliphatic rings. The SMILES string of the molecule is CCOc1ccc(C(NN)c2cn(C)cn2)cc1. The van der Waals surface area contributed by atoms with E-state index in [1.54, 1.807) is 6.33 Å². The Labute approximate surface area is 107 Å². The molecule has 1 aromatic carbocycles. The highest BCUT2D eigenvalue weighted by molar-refractivity contribution is 5.32. The van der Waals surface area contributed by atoms with Gasteiger partial charge in [-0.1, -0.05) is 12.1 Å². The molecule has 5 heteroatoms. The molecule has 2 rings (SSSR count). The molecule has 2 aromatic rings. The zero-order chi connectivity index (χ0) is 13.0. The van der Waals surface area contributed by atoms with Gasteiger partial charge in [0.15, 0.2) is 0 Å². The zero-order valence-corrected chi connectivity index (χ0v) is 10.6. The minimum Gasteiger partial charge on any atom is -0.494 e. The van der Waals surface area contributed by atoms with Crippen molar-refractivity contribution in [3.63, 3.8) is 0 Å². The van der Waals surface area contributed by atoms with Crippen LogP contribution in [0.4, 0.5) is 0 Å². The van der Waals surface area contributed by atoms with Crippen LogP contribution in [0.5, 0.6) is 5.75 Å². The molecule has 0 fully saturated rings. The standard InChI is InChI=1S/C13H18N4O/c1-3-18-11-6-4-10(5-7-11)13(16-14)12-8-17(2)9-15-12/h4-9,13,16H,3,14H2,1-2H3. The second-order valence-corrected chi connectivity index (χ2v) is 4.07. The lowest BCUT2D eigenvalue weighted by molar-refractivity contribution is 0.340. The largest absolute Gasteiger partial charge is 0.494 e. The Hall–Kier alpha value is -1.85. The summed E-state index contributed by atoms with van der Waals surface area (Å²) in [5, 5.41) is 0. The molecule has 1 aromatic heterocycles. The smallest absolute Gasteiger partial charge is 0.119 e. The maximum atomic E-state index is 5.61. The van der Waals surface area contributed by atoms with Crippen LogP contribution in [0.1, 0.15) is 24.2 Å². The molecule has 0 saturated heterocycles. The van der Waals surface area contributed by atoms with E-state index in [-0.39, 0.29) is 6.04 Å². The van der Waals surface area contributed by atoms with Gasteiger partial charge in [-0.05, 0) is 24.6 Å². The van der Waals surface area contributed by atoms with Crippen molar-refractivity contribution in [3.05, 3.63) is 48.0 Å². The second kappa shape index (κ2) is 5.66. The minimum absolute atomic E-state index is 0.109. The zero-order valence-electron chi connectivity index (χ0n) is 10.6. The Morgan fingerprint density at radius 3 is 2.61 bits per heavy atom. The van der Waals surface area contributed by atoms with E-state index in [9.17, 15) is 0 Å². The molecule has 0 saturated carbocycles. The van der Waals surface area contributed by atoms with Crippen LogP contribution < -0.4 is 16.0 Å². The number of aromatic nitrogens is 2. The third kappa shape index (κ3) is 2.69. The molecule has 18 heavy (non-hydrogen) atoms. The lowest BCUT2D eigenvalue weighted by Crippen LogP contribution is -2.29. The van der Waals surface area contributed by atoms with Gasteiger partial charge in [-0.15, -0.1) is 0 Å². The van der Waals surface area contributed by atoms with E-state index in [1.165, 1.54) is 0 Å². The predicted octanol–water partition coefficient (Wildman–Crippen LogP) is 1.37. The van der Waals surface area contributed by atoms with Gasteiger partial charge in [-0.25, -0.2) is 10.4 Å². The molecule has 0 bridgehead atoms. The summed E-state index contributed by atoms with van der Waals surface area (Å²) >= 11 is 0. The Bertz CT molecular complexity index is 492. The Kier molecular flexibility index (Phi) is 3.96. The molecule has 96 valence electrons. The van der Waals surface area contributed by atoms with E-state index in [1.807, 2.05) is 49.0 Å². The fraction of sp³-hybridized carbons (Fsp3) is 0.308. The van der Waals surface area contributed by atoms with Gasteiger partial charge in [0, 0.05) is 13.2 Å². The minimum atomic E-state index is -0.109. The summed E-state index contributed by atoms with van der Waals surface area (Å²) < 4.78 is 7.31. The molecule has 3 N–H and O–H groups in total. The molecular weight excluding hydrogens is 228 g/mol. The van der Waals surface area contributed by atoms with Crippen LogP contribution in [0.2, 0.25) is 0 Å². The third-order valence-corrected chi connectivity index (χ3v) is 2.71. The summed E-state index contributed by atoms with van der Waals surface area (Å²) in [6, 6.07) is 7.74. The highest BCUT2D eigenvalue weighted by Crippen LogP contribution is 2.22. The number of ether oxygens (including phenoxy) is 1. The van der Waals surface area contributed by atoms with Crippen LogP contribution in [-0.2, 0) is 7.05 Å². The second-order valence-electron chi connectivity index (χ2n) is 4.07. The molecule has 1 atom stereocenters. The summed E-state index contributed by atoms with van der Waals surface area (Å²) in [6.07, 6.45) is 3.70. The summed E-state index contributed by atoms with van der Waals surface area (Å²) in [4.78, 5) is 4.31. The topological polar surface area (TPSA) is 65.1 Å². The van der Waals surface area contributed by atoms with Gasteiger partial charge in [-0.2, -0.15) is 0 Å². The van der Waals surface area contributed by atoms with E-state index in [0.717, 1.165) is 17.0 Å². The predicted molar refractivity (Wildman–Crippen MR) is 70.0 cm³/mol. The van der Waals surface area contributed by atoms with Gasteiger partial charge in [-0.3, -0.25) is 5.84 Å². The molecule has 0 aliphatic carbocycles. The van der Waals surface area contributed by atoms with Crippen molar-refractivity contribution >= 4 is 0 Å². The Morgan fingerprint density at radius 2 is 2.11 bits per heavy atom. The van der Waals surface area contributed by atoms with Crippen molar-refractivity contribution in [1.29, 1.82) is 0 Å². The number of aryl methyl sites for hydroxylation is 1. The van der Waals surface area contributed by atoms with Gasteiger partial charge in [0.05, 0.1) is 24.7 Å². The normalized spacial score (nSPS) is 12.4. The van der Waals surface area contributed by atoms with E-state index in [0.29, 0.717) is 6.61 Å². The van der Waals surface area contributed by atoms with E-state index in [2.05, 4.69) is 10.4 Å². The van der Waals surface area contributed by atoms with Crippen molar-refractivity contribution in [2.75, 3.05) is 6.61 Å². The van der Waals surface area contributed by atoms with Crippen molar-refractivity contribution in [1.82, 2.24) is 15.0 Å². The van der Waals surface area contributed by atoms with Gasteiger partial charge < -0.3 is 9.30 Å². The molecule has 5 nitrogen and oxygen atoms in total. The maximum Gasteiger partial charge on any atom is 0.119 e. The monoisotopic (exact) mass is 246 g/mol.